The van der Waals surface area contributed by atoms with Gasteiger partial charge in [-0.05, 0) is 83.9 Å². The second kappa shape index (κ2) is 14.5. The highest BCUT2D eigenvalue weighted by molar-refractivity contribution is 6.17. The van der Waals surface area contributed by atoms with Gasteiger partial charge in [0.2, 0.25) is 12.2 Å². The number of amidine groups is 2. The molecule has 11 rings (SSSR count). The van der Waals surface area contributed by atoms with Crippen LogP contribution in [0.4, 0.5) is 17.1 Å². The number of aromatic nitrogens is 2. The predicted molar refractivity (Wildman–Crippen MR) is 241 cm³/mol. The van der Waals surface area contributed by atoms with Crippen molar-refractivity contribution >= 4 is 61.6 Å². The molecule has 280 valence electrons. The van der Waals surface area contributed by atoms with E-state index in [0.29, 0.717) is 17.3 Å². The SMILES string of the molecule is c1ccc(C2=NC(n3c4ccc(-c5ccc(N(c6ccccc6)c6ccccc6)cc5)cc4c4ccc5nc(-c6ccccc6)oc5c43)NC(c3ccccc3)=N2)cc1. The van der Waals surface area contributed by atoms with Crippen molar-refractivity contribution < 1.29 is 4.42 Å². The van der Waals surface area contributed by atoms with Crippen LogP contribution in [0.15, 0.2) is 221 Å². The van der Waals surface area contributed by atoms with Crippen LogP contribution in [0.2, 0.25) is 0 Å². The summed E-state index contributed by atoms with van der Waals surface area (Å²) in [4.78, 5) is 17.6. The van der Waals surface area contributed by atoms with Crippen LogP contribution >= 0.6 is 0 Å². The minimum absolute atomic E-state index is 0.555. The number of fused-ring (bicyclic) bond motifs is 5. The molecule has 1 unspecified atom stereocenters. The highest BCUT2D eigenvalue weighted by Crippen LogP contribution is 2.41. The number of aliphatic imine (C=N–C) groups is 2. The molecular formula is C52H36N6O. The van der Waals surface area contributed by atoms with E-state index >= 15 is 0 Å². The van der Waals surface area contributed by atoms with Crippen molar-refractivity contribution in [1.29, 1.82) is 0 Å². The molecule has 0 saturated carbocycles. The Labute approximate surface area is 340 Å². The molecular weight excluding hydrogens is 725 g/mol. The van der Waals surface area contributed by atoms with Gasteiger partial charge in [0.05, 0.1) is 11.0 Å². The van der Waals surface area contributed by atoms with Gasteiger partial charge in [-0.1, -0.05) is 133 Å². The van der Waals surface area contributed by atoms with Crippen molar-refractivity contribution in [3.63, 3.8) is 0 Å². The van der Waals surface area contributed by atoms with Crippen LogP contribution in [0.25, 0.3) is 55.5 Å². The number of rotatable bonds is 8. The van der Waals surface area contributed by atoms with E-state index in [4.69, 9.17) is 19.4 Å². The van der Waals surface area contributed by atoms with Gasteiger partial charge in [0.1, 0.15) is 11.4 Å². The molecule has 8 aromatic carbocycles. The third-order valence-corrected chi connectivity index (χ3v) is 10.9. The van der Waals surface area contributed by atoms with Crippen LogP contribution in [-0.2, 0) is 0 Å². The lowest BCUT2D eigenvalue weighted by Crippen LogP contribution is -2.36. The van der Waals surface area contributed by atoms with E-state index in [0.717, 1.165) is 78.0 Å². The highest BCUT2D eigenvalue weighted by Gasteiger charge is 2.27. The van der Waals surface area contributed by atoms with E-state index in [1.54, 1.807) is 0 Å². The molecule has 1 atom stereocenters. The van der Waals surface area contributed by atoms with Crippen LogP contribution in [0.3, 0.4) is 0 Å². The Morgan fingerprint density at radius 1 is 0.492 bits per heavy atom. The number of oxazole rings is 1. The molecule has 1 aliphatic heterocycles. The zero-order valence-electron chi connectivity index (χ0n) is 31.9. The topological polar surface area (TPSA) is 71.0 Å². The molecule has 0 bridgehead atoms. The average Bonchev–Trinajstić information content (AvgIpc) is 3.90. The molecule has 0 amide bonds. The Morgan fingerprint density at radius 2 is 1.05 bits per heavy atom. The molecule has 1 N–H and O–H groups in total. The average molecular weight is 761 g/mol. The Hall–Kier alpha value is -8.03. The standard InChI is InChI=1S/C52H36N6O/c1-6-16-36(17-7-1)49-54-50(37-18-8-2-9-19-37)56-52(55-49)58-46-33-28-39(34-44(46)43-31-32-45-48(47(43)58)59-51(53-45)38-20-10-3-11-21-38)35-26-29-42(30-27-35)57(40-22-12-4-13-23-40)41-24-14-5-15-25-41/h1-34,52H,(H,54,55,56). The van der Waals surface area contributed by atoms with Crippen LogP contribution in [0, 0.1) is 0 Å². The van der Waals surface area contributed by atoms with Gasteiger partial charge in [-0.25, -0.2) is 15.0 Å². The van der Waals surface area contributed by atoms with Crippen molar-refractivity contribution in [3.8, 4) is 22.6 Å². The quantitative estimate of drug-likeness (QED) is 0.167. The van der Waals surface area contributed by atoms with Crippen molar-refractivity contribution in [2.75, 3.05) is 4.90 Å². The maximum absolute atomic E-state index is 6.73. The van der Waals surface area contributed by atoms with Crippen LogP contribution in [0.5, 0.6) is 0 Å². The lowest BCUT2D eigenvalue weighted by molar-refractivity contribution is 0.513. The summed E-state index contributed by atoms with van der Waals surface area (Å²) in [5.41, 5.74) is 11.7. The number of anilines is 3. The smallest absolute Gasteiger partial charge is 0.227 e. The molecule has 59 heavy (non-hydrogen) atoms. The minimum Gasteiger partial charge on any atom is -0.434 e. The molecule has 10 aromatic rings. The van der Waals surface area contributed by atoms with Crippen LogP contribution in [0.1, 0.15) is 17.4 Å². The number of hydrogen-bond acceptors (Lipinski definition) is 6. The fraction of sp³-hybridized carbons (Fsp3) is 0.0192. The fourth-order valence-electron chi connectivity index (χ4n) is 8.09. The summed E-state index contributed by atoms with van der Waals surface area (Å²) in [6.07, 6.45) is -0.555. The van der Waals surface area contributed by atoms with Crippen LogP contribution in [-0.4, -0.2) is 21.2 Å². The molecule has 0 radical (unpaired) electrons. The number of benzene rings is 8. The summed E-state index contributed by atoms with van der Waals surface area (Å²) in [6, 6.07) is 71.1. The van der Waals surface area contributed by atoms with Crippen LogP contribution < -0.4 is 10.2 Å². The van der Waals surface area contributed by atoms with Gasteiger partial charge in [-0.15, -0.1) is 0 Å². The fourth-order valence-corrected chi connectivity index (χ4v) is 8.09. The number of nitrogens with one attached hydrogen (secondary N) is 1. The first-order valence-corrected chi connectivity index (χ1v) is 19.7. The highest BCUT2D eigenvalue weighted by atomic mass is 16.3. The Kier molecular flexibility index (Phi) is 8.40. The third kappa shape index (κ3) is 6.22. The summed E-state index contributed by atoms with van der Waals surface area (Å²) in [6.45, 7) is 0. The largest absolute Gasteiger partial charge is 0.434 e. The van der Waals surface area contributed by atoms with E-state index in [2.05, 4.69) is 142 Å². The minimum atomic E-state index is -0.555. The van der Waals surface area contributed by atoms with Gasteiger partial charge in [-0.3, -0.25) is 4.57 Å². The summed E-state index contributed by atoms with van der Waals surface area (Å²) < 4.78 is 8.98. The second-order valence-electron chi connectivity index (χ2n) is 14.5. The van der Waals surface area contributed by atoms with E-state index in [-0.39, 0.29) is 0 Å². The monoisotopic (exact) mass is 760 g/mol. The number of nitrogens with zero attached hydrogens (tertiary/aromatic N) is 5. The van der Waals surface area contributed by atoms with Crippen molar-refractivity contribution in [3.05, 3.63) is 217 Å². The Bertz CT molecular complexity index is 3120. The first-order valence-electron chi connectivity index (χ1n) is 19.7. The molecule has 1 aliphatic rings. The van der Waals surface area contributed by atoms with Gasteiger partial charge in [-0.2, -0.15) is 0 Å². The van der Waals surface area contributed by atoms with E-state index in [1.165, 1.54) is 0 Å². The zero-order chi connectivity index (χ0) is 39.1. The number of para-hydroxylation sites is 2. The summed E-state index contributed by atoms with van der Waals surface area (Å²) in [7, 11) is 0. The maximum atomic E-state index is 6.73. The van der Waals surface area contributed by atoms with Gasteiger partial charge >= 0.3 is 0 Å². The molecule has 0 fully saturated rings. The predicted octanol–water partition coefficient (Wildman–Crippen LogP) is 12.7. The maximum Gasteiger partial charge on any atom is 0.227 e. The number of hydrogen-bond donors (Lipinski definition) is 1. The normalized spacial score (nSPS) is 13.9. The summed E-state index contributed by atoms with van der Waals surface area (Å²) >= 11 is 0. The zero-order valence-corrected chi connectivity index (χ0v) is 31.9. The first kappa shape index (κ1) is 34.2. The Morgan fingerprint density at radius 3 is 1.69 bits per heavy atom. The van der Waals surface area contributed by atoms with E-state index < -0.39 is 6.29 Å². The van der Waals surface area contributed by atoms with E-state index in [9.17, 15) is 0 Å². The van der Waals surface area contributed by atoms with Crippen molar-refractivity contribution in [2.24, 2.45) is 9.98 Å². The molecule has 7 heteroatoms. The van der Waals surface area contributed by atoms with Crippen molar-refractivity contribution in [2.45, 2.75) is 6.29 Å². The summed E-state index contributed by atoms with van der Waals surface area (Å²) in [5.74, 6) is 1.96. The van der Waals surface area contributed by atoms with Gasteiger partial charge in [0.15, 0.2) is 11.4 Å². The van der Waals surface area contributed by atoms with Crippen molar-refractivity contribution in [1.82, 2.24) is 14.9 Å². The summed E-state index contributed by atoms with van der Waals surface area (Å²) in [5, 5.41) is 5.83. The lowest BCUT2D eigenvalue weighted by Gasteiger charge is -2.26. The first-order chi connectivity index (χ1) is 29.2. The second-order valence-corrected chi connectivity index (χ2v) is 14.5. The molecule has 0 saturated heterocycles. The third-order valence-electron chi connectivity index (χ3n) is 10.9. The molecule has 7 nitrogen and oxygen atoms in total. The van der Waals surface area contributed by atoms with E-state index in [1.807, 2.05) is 78.9 Å². The molecule has 2 aromatic heterocycles. The Balaban J connectivity index is 1.08. The van der Waals surface area contributed by atoms with Gasteiger partial charge in [0.25, 0.3) is 0 Å². The molecule has 0 aliphatic carbocycles. The lowest BCUT2D eigenvalue weighted by atomic mass is 10.0. The van der Waals surface area contributed by atoms with Gasteiger partial charge < -0.3 is 14.6 Å². The molecule has 3 heterocycles. The molecule has 0 spiro atoms. The van der Waals surface area contributed by atoms with Gasteiger partial charge in [0, 0.05) is 44.5 Å².